The lowest BCUT2D eigenvalue weighted by Gasteiger charge is -2.12. The second-order valence-electron chi connectivity index (χ2n) is 3.90. The number of hydrogen-bond acceptors (Lipinski definition) is 2. The van der Waals surface area contributed by atoms with E-state index >= 15 is 0 Å². The molecule has 17 heavy (non-hydrogen) atoms. The molecule has 1 nitrogen and oxygen atoms in total. The van der Waals surface area contributed by atoms with Crippen LogP contribution in [-0.4, -0.2) is 5.11 Å². The van der Waals surface area contributed by atoms with E-state index in [2.05, 4.69) is 0 Å². The van der Waals surface area contributed by atoms with Gasteiger partial charge in [-0.1, -0.05) is 18.2 Å². The molecule has 0 aliphatic carbocycles. The molecule has 90 valence electrons. The standard InChI is InChI=1S/C13H12F2OS/c1-8-4-5-10(13(15)12(8)14)11(16)7-9-3-2-6-17-9/h2-6,11,16H,7H2,1H3. The summed E-state index contributed by atoms with van der Waals surface area (Å²) in [6.07, 6.45) is -0.708. The SMILES string of the molecule is Cc1ccc(C(O)Cc2cccs2)c(F)c1F. The topological polar surface area (TPSA) is 20.2 Å². The molecule has 1 unspecified atom stereocenters. The fraction of sp³-hybridized carbons (Fsp3) is 0.231. The van der Waals surface area contributed by atoms with Crippen molar-refractivity contribution in [3.63, 3.8) is 0 Å². The van der Waals surface area contributed by atoms with Crippen LogP contribution in [0.5, 0.6) is 0 Å². The highest BCUT2D eigenvalue weighted by Gasteiger charge is 2.18. The molecule has 0 aliphatic heterocycles. The second-order valence-corrected chi connectivity index (χ2v) is 4.93. The zero-order valence-electron chi connectivity index (χ0n) is 9.28. The number of aryl methyl sites for hydroxylation is 1. The first kappa shape index (κ1) is 12.2. The van der Waals surface area contributed by atoms with Crippen molar-refractivity contribution in [1.29, 1.82) is 0 Å². The minimum Gasteiger partial charge on any atom is -0.388 e. The van der Waals surface area contributed by atoms with Crippen LogP contribution < -0.4 is 0 Å². The molecule has 4 heteroatoms. The van der Waals surface area contributed by atoms with Gasteiger partial charge in [-0.25, -0.2) is 8.78 Å². The Labute approximate surface area is 102 Å². The van der Waals surface area contributed by atoms with Crippen LogP contribution in [0.4, 0.5) is 8.78 Å². The van der Waals surface area contributed by atoms with Crippen molar-refractivity contribution in [1.82, 2.24) is 0 Å². The monoisotopic (exact) mass is 254 g/mol. The Hall–Kier alpha value is -1.26. The lowest BCUT2D eigenvalue weighted by molar-refractivity contribution is 0.173. The van der Waals surface area contributed by atoms with Crippen LogP contribution in [0.15, 0.2) is 29.6 Å². The lowest BCUT2D eigenvalue weighted by Crippen LogP contribution is -2.06. The first-order valence-corrected chi connectivity index (χ1v) is 6.12. The summed E-state index contributed by atoms with van der Waals surface area (Å²) < 4.78 is 27.0. The minimum atomic E-state index is -1.01. The van der Waals surface area contributed by atoms with Gasteiger partial charge in [0, 0.05) is 16.9 Å². The van der Waals surface area contributed by atoms with Gasteiger partial charge in [0.15, 0.2) is 11.6 Å². The Kier molecular flexibility index (Phi) is 3.54. The number of hydrogen-bond donors (Lipinski definition) is 1. The summed E-state index contributed by atoms with van der Waals surface area (Å²) in [5.74, 6) is -1.83. The third-order valence-corrected chi connectivity index (χ3v) is 3.54. The van der Waals surface area contributed by atoms with Crippen LogP contribution in [0.3, 0.4) is 0 Å². The second kappa shape index (κ2) is 4.94. The lowest BCUT2D eigenvalue weighted by atomic mass is 10.0. The van der Waals surface area contributed by atoms with Crippen molar-refractivity contribution in [3.8, 4) is 0 Å². The predicted molar refractivity (Wildman–Crippen MR) is 64.1 cm³/mol. The quantitative estimate of drug-likeness (QED) is 0.887. The van der Waals surface area contributed by atoms with Crippen LogP contribution in [0, 0.1) is 18.6 Å². The van der Waals surface area contributed by atoms with Crippen molar-refractivity contribution in [2.45, 2.75) is 19.4 Å². The summed E-state index contributed by atoms with van der Waals surface area (Å²) in [7, 11) is 0. The molecule has 0 saturated heterocycles. The van der Waals surface area contributed by atoms with Gasteiger partial charge >= 0.3 is 0 Å². The van der Waals surface area contributed by atoms with Crippen LogP contribution in [0.2, 0.25) is 0 Å². The summed E-state index contributed by atoms with van der Waals surface area (Å²) in [6, 6.07) is 6.63. The van der Waals surface area contributed by atoms with Gasteiger partial charge in [-0.05, 0) is 23.9 Å². The van der Waals surface area contributed by atoms with Crippen LogP contribution in [-0.2, 0) is 6.42 Å². The number of aliphatic hydroxyl groups excluding tert-OH is 1. The van der Waals surface area contributed by atoms with E-state index in [9.17, 15) is 13.9 Å². The summed E-state index contributed by atoms with van der Waals surface area (Å²) in [6.45, 7) is 1.49. The molecule has 2 rings (SSSR count). The average Bonchev–Trinajstić information content (AvgIpc) is 2.78. The van der Waals surface area contributed by atoms with E-state index in [1.165, 1.54) is 30.4 Å². The van der Waals surface area contributed by atoms with Crippen LogP contribution in [0.1, 0.15) is 22.1 Å². The van der Waals surface area contributed by atoms with E-state index in [4.69, 9.17) is 0 Å². The maximum Gasteiger partial charge on any atom is 0.164 e. The van der Waals surface area contributed by atoms with Gasteiger partial charge in [-0.2, -0.15) is 0 Å². The van der Waals surface area contributed by atoms with Gasteiger partial charge in [0.1, 0.15) is 0 Å². The third kappa shape index (κ3) is 2.53. The number of benzene rings is 1. The number of thiophene rings is 1. The molecule has 1 aromatic carbocycles. The zero-order valence-corrected chi connectivity index (χ0v) is 10.1. The Morgan fingerprint density at radius 3 is 2.65 bits per heavy atom. The van der Waals surface area contributed by atoms with Crippen molar-refractivity contribution in [3.05, 3.63) is 57.3 Å². The molecular formula is C13H12F2OS. The molecule has 0 amide bonds. The summed E-state index contributed by atoms with van der Waals surface area (Å²) in [5.41, 5.74) is 0.260. The minimum absolute atomic E-state index is 0.0153. The molecule has 1 heterocycles. The molecule has 2 aromatic rings. The van der Waals surface area contributed by atoms with E-state index in [0.29, 0.717) is 6.42 Å². The molecule has 0 saturated carbocycles. The van der Waals surface area contributed by atoms with E-state index in [1.54, 1.807) is 0 Å². The maximum absolute atomic E-state index is 13.6. The third-order valence-electron chi connectivity index (χ3n) is 2.64. The fourth-order valence-electron chi connectivity index (χ4n) is 1.65. The Bertz CT molecular complexity index is 508. The van der Waals surface area contributed by atoms with E-state index < -0.39 is 17.7 Å². The highest BCUT2D eigenvalue weighted by molar-refractivity contribution is 7.09. The van der Waals surface area contributed by atoms with E-state index in [0.717, 1.165) is 4.88 Å². The molecule has 0 fully saturated rings. The van der Waals surface area contributed by atoms with Gasteiger partial charge in [-0.3, -0.25) is 0 Å². The first-order chi connectivity index (χ1) is 8.09. The first-order valence-electron chi connectivity index (χ1n) is 5.24. The van der Waals surface area contributed by atoms with Crippen LogP contribution in [0.25, 0.3) is 0 Å². The predicted octanol–water partition coefficient (Wildman–Crippen LogP) is 3.61. The Morgan fingerprint density at radius 1 is 1.24 bits per heavy atom. The van der Waals surface area contributed by atoms with Crippen molar-refractivity contribution >= 4 is 11.3 Å². The van der Waals surface area contributed by atoms with Crippen molar-refractivity contribution < 1.29 is 13.9 Å². The number of aliphatic hydroxyl groups is 1. The molecule has 0 aliphatic rings. The molecule has 1 atom stereocenters. The maximum atomic E-state index is 13.6. The highest BCUT2D eigenvalue weighted by atomic mass is 32.1. The summed E-state index contributed by atoms with van der Waals surface area (Å²) in [5, 5.41) is 11.8. The van der Waals surface area contributed by atoms with E-state index in [1.807, 2.05) is 17.5 Å². The Balaban J connectivity index is 2.25. The van der Waals surface area contributed by atoms with Crippen LogP contribution >= 0.6 is 11.3 Å². The largest absolute Gasteiger partial charge is 0.388 e. The van der Waals surface area contributed by atoms with Crippen molar-refractivity contribution in [2.75, 3.05) is 0 Å². The van der Waals surface area contributed by atoms with Gasteiger partial charge < -0.3 is 5.11 Å². The molecular weight excluding hydrogens is 242 g/mol. The summed E-state index contributed by atoms with van der Waals surface area (Å²) >= 11 is 1.48. The molecule has 0 radical (unpaired) electrons. The number of rotatable bonds is 3. The van der Waals surface area contributed by atoms with E-state index in [-0.39, 0.29) is 11.1 Å². The normalized spacial score (nSPS) is 12.7. The fourth-order valence-corrected chi connectivity index (χ4v) is 2.39. The number of halogens is 2. The summed E-state index contributed by atoms with van der Waals surface area (Å²) in [4.78, 5) is 0.942. The molecule has 0 bridgehead atoms. The zero-order chi connectivity index (χ0) is 12.4. The van der Waals surface area contributed by atoms with Gasteiger partial charge in [0.05, 0.1) is 6.10 Å². The molecule has 0 spiro atoms. The average molecular weight is 254 g/mol. The Morgan fingerprint density at radius 2 is 2.00 bits per heavy atom. The molecule has 1 aromatic heterocycles. The smallest absolute Gasteiger partial charge is 0.164 e. The van der Waals surface area contributed by atoms with Gasteiger partial charge in [0.25, 0.3) is 0 Å². The van der Waals surface area contributed by atoms with Crippen molar-refractivity contribution in [2.24, 2.45) is 0 Å². The van der Waals surface area contributed by atoms with Gasteiger partial charge in [-0.15, -0.1) is 11.3 Å². The highest BCUT2D eigenvalue weighted by Crippen LogP contribution is 2.25. The van der Waals surface area contributed by atoms with Gasteiger partial charge in [0.2, 0.25) is 0 Å². The molecule has 1 N–H and O–H groups in total.